The van der Waals surface area contributed by atoms with E-state index in [9.17, 15) is 0 Å². The van der Waals surface area contributed by atoms with Crippen molar-refractivity contribution in [2.45, 2.75) is 0 Å². The van der Waals surface area contributed by atoms with Crippen LogP contribution in [0.3, 0.4) is 0 Å². The Hall–Kier alpha value is -1.11. The first-order chi connectivity index (χ1) is 7.93. The molecule has 79 valence electrons. The van der Waals surface area contributed by atoms with Crippen molar-refractivity contribution < 1.29 is 0 Å². The molecule has 1 aliphatic rings. The zero-order valence-electron chi connectivity index (χ0n) is 8.03. The van der Waals surface area contributed by atoms with Crippen LogP contribution >= 0.6 is 34.8 Å². The van der Waals surface area contributed by atoms with Gasteiger partial charge in [-0.3, -0.25) is 0 Å². The summed E-state index contributed by atoms with van der Waals surface area (Å²) in [7, 11) is 0. The second-order valence-electron chi connectivity index (χ2n) is 2.98. The highest BCUT2D eigenvalue weighted by Gasteiger charge is 2.15. The van der Waals surface area contributed by atoms with Gasteiger partial charge in [-0.2, -0.15) is 9.12 Å². The van der Waals surface area contributed by atoms with Gasteiger partial charge in [0, 0.05) is 0 Å². The molecule has 0 unspecified atom stereocenters. The third kappa shape index (κ3) is 1.91. The van der Waals surface area contributed by atoms with E-state index in [1.165, 1.54) is 12.1 Å². The third-order valence-electron chi connectivity index (χ3n) is 1.95. The molecule has 1 radical (unpaired) electrons. The Kier molecular flexibility index (Phi) is 2.77. The van der Waals surface area contributed by atoms with Crippen LogP contribution in [-0.4, -0.2) is 11.7 Å². The number of hydrogen-bond acceptors (Lipinski definition) is 5. The summed E-state index contributed by atoms with van der Waals surface area (Å²) in [5.74, 6) is 1.52. The van der Waals surface area contributed by atoms with E-state index in [0.29, 0.717) is 0 Å². The molecule has 0 bridgehead atoms. The highest BCUT2D eigenvalue weighted by molar-refractivity contribution is 7.96. The second-order valence-corrected chi connectivity index (χ2v) is 5.40. The van der Waals surface area contributed by atoms with Crippen LogP contribution < -0.4 is 4.72 Å². The van der Waals surface area contributed by atoms with Crippen molar-refractivity contribution in [1.82, 2.24) is 4.72 Å². The fraction of sp³-hybridized carbons (Fsp3) is 0. The normalized spacial score (nSPS) is 15.2. The van der Waals surface area contributed by atoms with Crippen molar-refractivity contribution in [3.63, 3.8) is 0 Å². The topological polar surface area (TPSA) is 38.8 Å². The third-order valence-corrected chi connectivity index (χ3v) is 4.19. The predicted octanol–water partition coefficient (Wildman–Crippen LogP) is 3.18. The molecular formula is C10H6N3S3. The summed E-state index contributed by atoms with van der Waals surface area (Å²) >= 11 is 4.48. The van der Waals surface area contributed by atoms with Crippen LogP contribution in [0.25, 0.3) is 0 Å². The quantitative estimate of drug-likeness (QED) is 0.768. The van der Waals surface area contributed by atoms with Crippen LogP contribution in [0, 0.1) is 0 Å². The molecule has 0 atom stereocenters. The Morgan fingerprint density at radius 2 is 1.56 bits per heavy atom. The minimum atomic E-state index is 0.762. The van der Waals surface area contributed by atoms with E-state index in [-0.39, 0.29) is 0 Å². The van der Waals surface area contributed by atoms with Crippen LogP contribution in [0.5, 0.6) is 0 Å². The zero-order chi connectivity index (χ0) is 10.8. The summed E-state index contributed by atoms with van der Waals surface area (Å²) in [6, 6.07) is 8.04. The number of nitrogens with zero attached hydrogens (tertiary/aromatic N) is 3. The highest BCUT2D eigenvalue weighted by atomic mass is 32.2. The van der Waals surface area contributed by atoms with Gasteiger partial charge in [0.05, 0.1) is 9.75 Å². The maximum absolute atomic E-state index is 4.47. The van der Waals surface area contributed by atoms with E-state index in [1.54, 1.807) is 22.7 Å². The van der Waals surface area contributed by atoms with Crippen LogP contribution in [0.4, 0.5) is 0 Å². The Bertz CT molecular complexity index is 526. The fourth-order valence-electron chi connectivity index (χ4n) is 1.25. The lowest BCUT2D eigenvalue weighted by Gasteiger charge is -2.07. The predicted molar refractivity (Wildman–Crippen MR) is 71.4 cm³/mol. The van der Waals surface area contributed by atoms with E-state index in [2.05, 4.69) is 14.1 Å². The van der Waals surface area contributed by atoms with Crippen molar-refractivity contribution in [2.24, 2.45) is 9.39 Å². The van der Waals surface area contributed by atoms with Crippen molar-refractivity contribution >= 4 is 46.5 Å². The maximum atomic E-state index is 4.47. The van der Waals surface area contributed by atoms with Crippen molar-refractivity contribution in [1.29, 1.82) is 0 Å². The lowest BCUT2D eigenvalue weighted by Crippen LogP contribution is -2.15. The average Bonchev–Trinajstić information content (AvgIpc) is 3.03. The number of thiophene rings is 2. The SMILES string of the molecule is c1csc(C2=NC(c3cccs3)=NS[N]2)c1. The van der Waals surface area contributed by atoms with E-state index in [0.717, 1.165) is 21.4 Å². The molecule has 6 heteroatoms. The number of amidine groups is 2. The van der Waals surface area contributed by atoms with Crippen LogP contribution in [0.15, 0.2) is 44.4 Å². The molecule has 2 aromatic heterocycles. The first-order valence-electron chi connectivity index (χ1n) is 4.55. The summed E-state index contributed by atoms with van der Waals surface area (Å²) in [6.45, 7) is 0. The van der Waals surface area contributed by atoms with E-state index in [1.807, 2.05) is 35.0 Å². The molecule has 0 amide bonds. The van der Waals surface area contributed by atoms with Gasteiger partial charge in [-0.1, -0.05) is 12.1 Å². The first kappa shape index (κ1) is 10.1. The van der Waals surface area contributed by atoms with Gasteiger partial charge in [-0.15, -0.1) is 22.7 Å². The molecule has 2 aromatic rings. The molecule has 0 fully saturated rings. The van der Waals surface area contributed by atoms with Crippen LogP contribution in [0.2, 0.25) is 0 Å². The monoisotopic (exact) mass is 264 g/mol. The maximum Gasteiger partial charge on any atom is 0.181 e. The van der Waals surface area contributed by atoms with Gasteiger partial charge >= 0.3 is 0 Å². The van der Waals surface area contributed by atoms with Gasteiger partial charge in [-0.25, -0.2) is 4.99 Å². The molecule has 0 N–H and O–H groups in total. The lowest BCUT2D eigenvalue weighted by atomic mass is 10.4. The molecule has 16 heavy (non-hydrogen) atoms. The van der Waals surface area contributed by atoms with Gasteiger partial charge in [-0.05, 0) is 22.9 Å². The first-order valence-corrected chi connectivity index (χ1v) is 7.04. The van der Waals surface area contributed by atoms with Crippen molar-refractivity contribution in [3.8, 4) is 0 Å². The minimum absolute atomic E-state index is 0.762. The van der Waals surface area contributed by atoms with E-state index in [4.69, 9.17) is 0 Å². The molecule has 3 rings (SSSR count). The number of hydrogen-bond donors (Lipinski definition) is 0. The summed E-state index contributed by atoms with van der Waals surface area (Å²) in [5.41, 5.74) is 0. The molecule has 3 heterocycles. The fourth-order valence-corrected chi connectivity index (χ4v) is 3.16. The molecule has 0 aliphatic carbocycles. The van der Waals surface area contributed by atoms with E-state index < -0.39 is 0 Å². The molecule has 0 spiro atoms. The average molecular weight is 264 g/mol. The molecule has 0 aromatic carbocycles. The number of rotatable bonds is 2. The van der Waals surface area contributed by atoms with E-state index >= 15 is 0 Å². The minimum Gasteiger partial charge on any atom is -0.205 e. The Balaban J connectivity index is 1.96. The Morgan fingerprint density at radius 1 is 0.875 bits per heavy atom. The second kappa shape index (κ2) is 4.40. The highest BCUT2D eigenvalue weighted by Crippen LogP contribution is 2.20. The van der Waals surface area contributed by atoms with Gasteiger partial charge in [0.1, 0.15) is 12.1 Å². The lowest BCUT2D eigenvalue weighted by molar-refractivity contribution is 1.40. The smallest absolute Gasteiger partial charge is 0.181 e. The summed E-state index contributed by atoms with van der Waals surface area (Å²) in [6.07, 6.45) is 0. The number of aliphatic imine (C=N–C) groups is 1. The molecule has 3 nitrogen and oxygen atoms in total. The van der Waals surface area contributed by atoms with Crippen LogP contribution in [-0.2, 0) is 0 Å². The Morgan fingerprint density at radius 3 is 2.19 bits per heavy atom. The van der Waals surface area contributed by atoms with Gasteiger partial charge in [0.15, 0.2) is 11.7 Å². The summed E-state index contributed by atoms with van der Waals surface area (Å²) in [4.78, 5) is 6.63. The molecular weight excluding hydrogens is 258 g/mol. The van der Waals surface area contributed by atoms with Gasteiger partial charge in [0.2, 0.25) is 0 Å². The van der Waals surface area contributed by atoms with Crippen LogP contribution in [0.1, 0.15) is 9.75 Å². The zero-order valence-corrected chi connectivity index (χ0v) is 10.5. The summed E-state index contributed by atoms with van der Waals surface area (Å²) < 4.78 is 8.45. The molecule has 1 aliphatic heterocycles. The van der Waals surface area contributed by atoms with Gasteiger partial charge < -0.3 is 0 Å². The largest absolute Gasteiger partial charge is 0.205 e. The van der Waals surface area contributed by atoms with Crippen molar-refractivity contribution in [3.05, 3.63) is 44.8 Å². The molecule has 0 saturated carbocycles. The molecule has 0 saturated heterocycles. The Labute approximate surface area is 105 Å². The van der Waals surface area contributed by atoms with Crippen molar-refractivity contribution in [2.75, 3.05) is 0 Å². The standard InChI is InChI=1S/C10H6N3S3/c1-3-7(14-5-1)9-11-10(13-16-12-9)8-4-2-6-15-8/h1-6H. The summed E-state index contributed by atoms with van der Waals surface area (Å²) in [5, 5.41) is 4.04. The van der Waals surface area contributed by atoms with Gasteiger partial charge in [0.25, 0.3) is 0 Å².